The second kappa shape index (κ2) is 11.2. The molecule has 1 aliphatic heterocycles. The Morgan fingerprint density at radius 2 is 1.76 bits per heavy atom. The van der Waals surface area contributed by atoms with Gasteiger partial charge in [0.1, 0.15) is 5.69 Å². The minimum Gasteiger partial charge on any atom is -0.337 e. The van der Waals surface area contributed by atoms with Gasteiger partial charge in [-0.25, -0.2) is 0 Å². The molecule has 0 radical (unpaired) electrons. The average molecular weight is 477 g/mol. The Morgan fingerprint density at radius 3 is 2.35 bits per heavy atom. The fourth-order valence-electron chi connectivity index (χ4n) is 5.10. The van der Waals surface area contributed by atoms with Crippen LogP contribution in [0.5, 0.6) is 0 Å². The van der Waals surface area contributed by atoms with Gasteiger partial charge in [-0.15, -0.1) is 11.8 Å². The van der Waals surface area contributed by atoms with Crippen LogP contribution in [0.2, 0.25) is 0 Å². The lowest BCUT2D eigenvalue weighted by Crippen LogP contribution is -2.47. The smallest absolute Gasteiger partial charge is 0.272 e. The Balaban J connectivity index is 1.45. The summed E-state index contributed by atoms with van der Waals surface area (Å²) in [5, 5.41) is 4.39. The Bertz CT molecular complexity index is 1070. The van der Waals surface area contributed by atoms with Crippen LogP contribution in [0.3, 0.4) is 0 Å². The second-order valence-corrected chi connectivity index (χ2v) is 10.3. The standard InChI is InChI=1S/C28H36N4OS/c1-21-18-27(31(3)29-21)28(33)30(2)26(19-22-8-6-5-7-9-22)24-14-16-32(17-15-24)20-23-10-12-25(34-4)13-11-23/h5-13,18,24,26H,14-17,19-20H2,1-4H3/t26-/m0/s1. The van der Waals surface area contributed by atoms with Crippen molar-refractivity contribution >= 4 is 17.7 Å². The van der Waals surface area contributed by atoms with Crippen molar-refractivity contribution in [2.24, 2.45) is 13.0 Å². The van der Waals surface area contributed by atoms with Gasteiger partial charge >= 0.3 is 0 Å². The van der Waals surface area contributed by atoms with E-state index in [1.807, 2.05) is 32.0 Å². The number of rotatable bonds is 8. The zero-order valence-corrected chi connectivity index (χ0v) is 21.6. The molecule has 0 spiro atoms. The maximum atomic E-state index is 13.5. The predicted octanol–water partition coefficient (Wildman–Crippen LogP) is 5.05. The lowest BCUT2D eigenvalue weighted by atomic mass is 9.84. The van der Waals surface area contributed by atoms with Gasteiger partial charge in [-0.2, -0.15) is 5.10 Å². The molecule has 1 amide bonds. The van der Waals surface area contributed by atoms with E-state index in [1.54, 1.807) is 16.4 Å². The third kappa shape index (κ3) is 5.91. The van der Waals surface area contributed by atoms with E-state index in [1.165, 1.54) is 16.0 Å². The number of likely N-dealkylation sites (tertiary alicyclic amines) is 1. The third-order valence-corrected chi connectivity index (χ3v) is 7.81. The summed E-state index contributed by atoms with van der Waals surface area (Å²) in [5.74, 6) is 0.527. The van der Waals surface area contributed by atoms with E-state index < -0.39 is 0 Å². The fourth-order valence-corrected chi connectivity index (χ4v) is 5.51. The second-order valence-electron chi connectivity index (χ2n) is 9.43. The van der Waals surface area contributed by atoms with E-state index >= 15 is 0 Å². The topological polar surface area (TPSA) is 41.4 Å². The van der Waals surface area contributed by atoms with Gasteiger partial charge in [0.05, 0.1) is 5.69 Å². The van der Waals surface area contributed by atoms with E-state index in [0.29, 0.717) is 11.6 Å². The van der Waals surface area contributed by atoms with Crippen LogP contribution in [0.1, 0.15) is 40.2 Å². The van der Waals surface area contributed by atoms with Crippen LogP contribution in [0.4, 0.5) is 0 Å². The van der Waals surface area contributed by atoms with Crippen molar-refractivity contribution in [1.82, 2.24) is 19.6 Å². The minimum atomic E-state index is 0.0559. The summed E-state index contributed by atoms with van der Waals surface area (Å²) in [6.45, 7) is 5.05. The fraction of sp³-hybridized carbons (Fsp3) is 0.429. The van der Waals surface area contributed by atoms with Gasteiger partial charge in [0.15, 0.2) is 0 Å². The number of nitrogens with zero attached hydrogens (tertiary/aromatic N) is 4. The summed E-state index contributed by atoms with van der Waals surface area (Å²) in [5.41, 5.74) is 4.18. The number of aromatic nitrogens is 2. The van der Waals surface area contributed by atoms with Crippen molar-refractivity contribution in [2.45, 2.75) is 43.7 Å². The van der Waals surface area contributed by atoms with Crippen LogP contribution in [0, 0.1) is 12.8 Å². The number of aryl methyl sites for hydroxylation is 2. The van der Waals surface area contributed by atoms with Gasteiger partial charge in [0, 0.05) is 31.6 Å². The number of piperidine rings is 1. The van der Waals surface area contributed by atoms with Gasteiger partial charge in [-0.1, -0.05) is 42.5 Å². The van der Waals surface area contributed by atoms with Crippen molar-refractivity contribution in [2.75, 3.05) is 26.4 Å². The number of carbonyl (C=O) groups is 1. The molecule has 1 saturated heterocycles. The highest BCUT2D eigenvalue weighted by Crippen LogP contribution is 2.28. The zero-order chi connectivity index (χ0) is 24.1. The number of hydrogen-bond donors (Lipinski definition) is 0. The van der Waals surface area contributed by atoms with Crippen LogP contribution in [0.25, 0.3) is 0 Å². The van der Waals surface area contributed by atoms with Crippen LogP contribution >= 0.6 is 11.8 Å². The Kier molecular flexibility index (Phi) is 8.11. The average Bonchev–Trinajstić information content (AvgIpc) is 3.21. The van der Waals surface area contributed by atoms with E-state index in [2.05, 4.69) is 70.9 Å². The molecule has 1 aliphatic rings. The van der Waals surface area contributed by atoms with Crippen molar-refractivity contribution in [3.05, 3.63) is 83.2 Å². The van der Waals surface area contributed by atoms with Gasteiger partial charge in [0.2, 0.25) is 0 Å². The summed E-state index contributed by atoms with van der Waals surface area (Å²) in [4.78, 5) is 19.3. The van der Waals surface area contributed by atoms with E-state index in [9.17, 15) is 4.79 Å². The molecule has 1 atom stereocenters. The summed E-state index contributed by atoms with van der Waals surface area (Å²) < 4.78 is 1.71. The normalized spacial score (nSPS) is 15.9. The maximum absolute atomic E-state index is 13.5. The molecule has 2 aromatic carbocycles. The number of benzene rings is 2. The molecule has 1 fully saturated rings. The first kappa shape index (κ1) is 24.6. The minimum absolute atomic E-state index is 0.0559. The predicted molar refractivity (Wildman–Crippen MR) is 140 cm³/mol. The lowest BCUT2D eigenvalue weighted by Gasteiger charge is -2.40. The molecule has 180 valence electrons. The molecule has 0 unspecified atom stereocenters. The largest absolute Gasteiger partial charge is 0.337 e. The summed E-state index contributed by atoms with van der Waals surface area (Å²) >= 11 is 1.78. The molecule has 0 aliphatic carbocycles. The van der Waals surface area contributed by atoms with E-state index in [0.717, 1.165) is 44.6 Å². The van der Waals surface area contributed by atoms with Crippen molar-refractivity contribution in [3.63, 3.8) is 0 Å². The molecule has 0 N–H and O–H groups in total. The Hall–Kier alpha value is -2.57. The number of hydrogen-bond acceptors (Lipinski definition) is 4. The summed E-state index contributed by atoms with van der Waals surface area (Å²) in [7, 11) is 3.82. The number of likely N-dealkylation sites (N-methyl/N-ethyl adjacent to an activating group) is 1. The third-order valence-electron chi connectivity index (χ3n) is 7.07. The molecular weight excluding hydrogens is 440 g/mol. The molecule has 2 heterocycles. The highest BCUT2D eigenvalue weighted by molar-refractivity contribution is 7.98. The SMILES string of the molecule is CSc1ccc(CN2CCC([C@H](Cc3ccccc3)N(C)C(=O)c3cc(C)nn3C)CC2)cc1. The number of thioether (sulfide) groups is 1. The Labute approximate surface area is 208 Å². The molecule has 3 aromatic rings. The molecule has 1 aromatic heterocycles. The monoisotopic (exact) mass is 476 g/mol. The van der Waals surface area contributed by atoms with Crippen LogP contribution in [0.15, 0.2) is 65.6 Å². The van der Waals surface area contributed by atoms with E-state index in [-0.39, 0.29) is 11.9 Å². The number of amides is 1. The maximum Gasteiger partial charge on any atom is 0.272 e. The molecular formula is C28H36N4OS. The van der Waals surface area contributed by atoms with Crippen LogP contribution < -0.4 is 0 Å². The molecule has 34 heavy (non-hydrogen) atoms. The highest BCUT2D eigenvalue weighted by Gasteiger charge is 2.32. The van der Waals surface area contributed by atoms with Crippen molar-refractivity contribution < 1.29 is 4.79 Å². The van der Waals surface area contributed by atoms with Crippen LogP contribution in [-0.4, -0.2) is 57.9 Å². The Morgan fingerprint density at radius 1 is 1.09 bits per heavy atom. The molecule has 5 nitrogen and oxygen atoms in total. The molecule has 4 rings (SSSR count). The molecule has 0 saturated carbocycles. The molecule has 6 heteroatoms. The first-order chi connectivity index (χ1) is 16.4. The van der Waals surface area contributed by atoms with Gasteiger partial charge in [-0.05, 0) is 80.8 Å². The van der Waals surface area contributed by atoms with Gasteiger partial charge < -0.3 is 4.90 Å². The quantitative estimate of drug-likeness (QED) is 0.427. The summed E-state index contributed by atoms with van der Waals surface area (Å²) in [6.07, 6.45) is 5.19. The van der Waals surface area contributed by atoms with E-state index in [4.69, 9.17) is 0 Å². The zero-order valence-electron chi connectivity index (χ0n) is 20.8. The van der Waals surface area contributed by atoms with Crippen molar-refractivity contribution in [1.29, 1.82) is 0 Å². The highest BCUT2D eigenvalue weighted by atomic mass is 32.2. The first-order valence-corrected chi connectivity index (χ1v) is 13.3. The van der Waals surface area contributed by atoms with Crippen LogP contribution in [-0.2, 0) is 20.0 Å². The van der Waals surface area contributed by atoms with Gasteiger partial charge in [0.25, 0.3) is 5.91 Å². The summed E-state index contributed by atoms with van der Waals surface area (Å²) in [6, 6.07) is 21.5. The lowest BCUT2D eigenvalue weighted by molar-refractivity contribution is 0.0575. The van der Waals surface area contributed by atoms with Crippen molar-refractivity contribution in [3.8, 4) is 0 Å². The van der Waals surface area contributed by atoms with Gasteiger partial charge in [-0.3, -0.25) is 14.4 Å². The first-order valence-electron chi connectivity index (χ1n) is 12.1. The number of carbonyl (C=O) groups excluding carboxylic acids is 1. The molecule has 0 bridgehead atoms.